The number of aromatic nitrogens is 1. The molecular weight excluding hydrogens is 334 g/mol. The molecule has 2 unspecified atom stereocenters. The molecule has 2 N–H and O–H groups in total. The first kappa shape index (κ1) is 17.0. The van der Waals surface area contributed by atoms with E-state index < -0.39 is 17.9 Å². The highest BCUT2D eigenvalue weighted by Crippen LogP contribution is 2.37. The molecule has 1 aromatic heterocycles. The highest BCUT2D eigenvalue weighted by Gasteiger charge is 2.28. The van der Waals surface area contributed by atoms with Gasteiger partial charge in [0.05, 0.1) is 10.7 Å². The van der Waals surface area contributed by atoms with E-state index in [1.54, 1.807) is 6.20 Å². The second-order valence-corrected chi connectivity index (χ2v) is 6.23. The molecular formula is C18H17ClF2N2O. The summed E-state index contributed by atoms with van der Waals surface area (Å²) < 4.78 is 26.6. The van der Waals surface area contributed by atoms with E-state index in [0.717, 1.165) is 35.7 Å². The number of halogens is 3. The van der Waals surface area contributed by atoms with Crippen molar-refractivity contribution in [3.05, 3.63) is 70.5 Å². The number of benzene rings is 1. The van der Waals surface area contributed by atoms with Crippen molar-refractivity contribution in [2.75, 3.05) is 0 Å². The van der Waals surface area contributed by atoms with Crippen LogP contribution in [-0.4, -0.2) is 16.3 Å². The summed E-state index contributed by atoms with van der Waals surface area (Å²) >= 11 is 5.81. The van der Waals surface area contributed by atoms with Crippen LogP contribution in [0.2, 0.25) is 5.02 Å². The topological polar surface area (TPSA) is 45.1 Å². The molecule has 0 aliphatic heterocycles. The first-order chi connectivity index (χ1) is 11.5. The van der Waals surface area contributed by atoms with Gasteiger partial charge in [-0.05, 0) is 41.7 Å². The maximum absolute atomic E-state index is 13.5. The minimum atomic E-state index is -1.08. The summed E-state index contributed by atoms with van der Waals surface area (Å²) in [5, 5.41) is 13.2. The zero-order valence-corrected chi connectivity index (χ0v) is 13.7. The van der Waals surface area contributed by atoms with Crippen LogP contribution < -0.4 is 5.32 Å². The second-order valence-electron chi connectivity index (χ2n) is 5.85. The molecule has 0 saturated heterocycles. The van der Waals surface area contributed by atoms with Crippen LogP contribution in [-0.2, 0) is 6.54 Å². The number of aliphatic hydroxyl groups is 1. The lowest BCUT2D eigenvalue weighted by Gasteiger charge is -2.30. The van der Waals surface area contributed by atoms with Gasteiger partial charge >= 0.3 is 0 Å². The van der Waals surface area contributed by atoms with Crippen LogP contribution >= 0.6 is 11.6 Å². The number of hydrogen-bond donors (Lipinski definition) is 2. The molecule has 0 spiro atoms. The molecule has 0 amide bonds. The molecule has 0 fully saturated rings. The Morgan fingerprint density at radius 2 is 2.17 bits per heavy atom. The molecule has 2 atom stereocenters. The fourth-order valence-corrected chi connectivity index (χ4v) is 3.22. The molecule has 1 heterocycles. The smallest absolute Gasteiger partial charge is 0.177 e. The fourth-order valence-electron chi connectivity index (χ4n) is 3.00. The predicted octanol–water partition coefficient (Wildman–Crippen LogP) is 4.01. The van der Waals surface area contributed by atoms with Crippen LogP contribution in [0.25, 0.3) is 5.57 Å². The molecule has 126 valence electrons. The maximum atomic E-state index is 13.5. The highest BCUT2D eigenvalue weighted by atomic mass is 35.5. The molecule has 0 radical (unpaired) electrons. The van der Waals surface area contributed by atoms with Crippen LogP contribution in [0, 0.1) is 11.6 Å². The van der Waals surface area contributed by atoms with Gasteiger partial charge in [0.1, 0.15) is 6.23 Å². The normalized spacial score (nSPS) is 18.3. The van der Waals surface area contributed by atoms with Gasteiger partial charge in [0.15, 0.2) is 11.6 Å². The van der Waals surface area contributed by atoms with Gasteiger partial charge in [-0.3, -0.25) is 10.3 Å². The Morgan fingerprint density at radius 1 is 1.38 bits per heavy atom. The largest absolute Gasteiger partial charge is 0.378 e. The van der Waals surface area contributed by atoms with Gasteiger partial charge in [-0.25, -0.2) is 8.78 Å². The van der Waals surface area contributed by atoms with Crippen LogP contribution in [0.5, 0.6) is 0 Å². The van der Waals surface area contributed by atoms with E-state index in [0.29, 0.717) is 5.56 Å². The Labute approximate surface area is 144 Å². The summed E-state index contributed by atoms with van der Waals surface area (Å²) in [6.07, 6.45) is 2.33. The number of nitrogens with zero attached hydrogens (tertiary/aromatic N) is 1. The van der Waals surface area contributed by atoms with Gasteiger partial charge < -0.3 is 5.11 Å². The summed E-state index contributed by atoms with van der Waals surface area (Å²) in [5.41, 5.74) is 3.10. The third kappa shape index (κ3) is 3.20. The summed E-state index contributed by atoms with van der Waals surface area (Å²) in [6.45, 7) is 4.14. The zero-order chi connectivity index (χ0) is 17.3. The number of fused-ring (bicyclic) bond motifs is 1. The molecule has 1 aliphatic carbocycles. The number of aliphatic hydroxyl groups excluding tert-OH is 1. The van der Waals surface area contributed by atoms with Crippen molar-refractivity contribution in [3.63, 3.8) is 0 Å². The fraction of sp³-hybridized carbons (Fsp3) is 0.278. The Morgan fingerprint density at radius 3 is 2.96 bits per heavy atom. The third-order valence-electron chi connectivity index (χ3n) is 4.33. The molecule has 1 aliphatic rings. The number of rotatable bonds is 4. The average Bonchev–Trinajstić information content (AvgIpc) is 2.59. The lowest BCUT2D eigenvalue weighted by Crippen LogP contribution is -2.36. The van der Waals surface area contributed by atoms with Gasteiger partial charge in [-0.1, -0.05) is 30.3 Å². The summed E-state index contributed by atoms with van der Waals surface area (Å²) in [5.74, 6) is -2.22. The van der Waals surface area contributed by atoms with Crippen molar-refractivity contribution in [2.45, 2.75) is 31.5 Å². The molecule has 3 rings (SSSR count). The summed E-state index contributed by atoms with van der Waals surface area (Å²) in [7, 11) is 0. The predicted molar refractivity (Wildman–Crippen MR) is 89.5 cm³/mol. The van der Waals surface area contributed by atoms with E-state index in [-0.39, 0.29) is 17.5 Å². The third-order valence-corrected chi connectivity index (χ3v) is 4.74. The van der Waals surface area contributed by atoms with Crippen LogP contribution in [0.4, 0.5) is 8.78 Å². The SMILES string of the molecule is C=C1CCC(C(O)NCc2ccc(F)c(F)c2Cl)c2cccnc21. The molecule has 2 aromatic rings. The molecule has 0 bridgehead atoms. The summed E-state index contributed by atoms with van der Waals surface area (Å²) in [6, 6.07) is 6.17. The zero-order valence-electron chi connectivity index (χ0n) is 12.9. The van der Waals surface area contributed by atoms with Gasteiger partial charge in [-0.15, -0.1) is 0 Å². The van der Waals surface area contributed by atoms with E-state index in [4.69, 9.17) is 11.6 Å². The minimum absolute atomic E-state index is 0.129. The van der Waals surface area contributed by atoms with Crippen LogP contribution in [0.3, 0.4) is 0 Å². The monoisotopic (exact) mass is 350 g/mol. The average molecular weight is 351 g/mol. The van der Waals surface area contributed by atoms with Gasteiger partial charge in [0.25, 0.3) is 0 Å². The minimum Gasteiger partial charge on any atom is -0.378 e. The van der Waals surface area contributed by atoms with Gasteiger partial charge in [0, 0.05) is 18.7 Å². The second kappa shape index (κ2) is 6.97. The number of allylic oxidation sites excluding steroid dienone is 1. The van der Waals surface area contributed by atoms with E-state index >= 15 is 0 Å². The number of hydrogen-bond acceptors (Lipinski definition) is 3. The number of pyridine rings is 1. The number of nitrogens with one attached hydrogen (secondary N) is 1. The van der Waals surface area contributed by atoms with Crippen molar-refractivity contribution in [2.24, 2.45) is 0 Å². The standard InChI is InChI=1S/C18H17ClF2N2O/c1-10-4-6-13(12-3-2-8-22-17(10)12)18(24)23-9-11-5-7-14(20)16(21)15(11)19/h2-3,5,7-8,13,18,23-24H,1,4,6,9H2. The quantitative estimate of drug-likeness (QED) is 0.647. The molecule has 6 heteroatoms. The van der Waals surface area contributed by atoms with Crippen LogP contribution in [0.1, 0.15) is 35.6 Å². The molecule has 1 aromatic carbocycles. The van der Waals surface area contributed by atoms with Crippen molar-refractivity contribution in [3.8, 4) is 0 Å². The first-order valence-corrected chi connectivity index (χ1v) is 8.03. The molecule has 0 saturated carbocycles. The van der Waals surface area contributed by atoms with Gasteiger partial charge in [-0.2, -0.15) is 0 Å². The Kier molecular flexibility index (Phi) is 4.94. The molecule has 24 heavy (non-hydrogen) atoms. The van der Waals surface area contributed by atoms with E-state index in [9.17, 15) is 13.9 Å². The van der Waals surface area contributed by atoms with E-state index in [2.05, 4.69) is 16.9 Å². The Hall–Kier alpha value is -1.82. The lowest BCUT2D eigenvalue weighted by atomic mass is 9.82. The first-order valence-electron chi connectivity index (χ1n) is 7.66. The van der Waals surface area contributed by atoms with Crippen molar-refractivity contribution in [1.29, 1.82) is 0 Å². The van der Waals surface area contributed by atoms with E-state index in [1.807, 2.05) is 12.1 Å². The van der Waals surface area contributed by atoms with Crippen LogP contribution in [0.15, 0.2) is 37.0 Å². The van der Waals surface area contributed by atoms with Crippen molar-refractivity contribution in [1.82, 2.24) is 10.3 Å². The lowest BCUT2D eigenvalue weighted by molar-refractivity contribution is 0.101. The summed E-state index contributed by atoms with van der Waals surface area (Å²) in [4.78, 5) is 4.34. The van der Waals surface area contributed by atoms with Crippen molar-refractivity contribution >= 4 is 17.2 Å². The Bertz CT molecular complexity index is 782. The highest BCUT2D eigenvalue weighted by molar-refractivity contribution is 6.31. The Balaban J connectivity index is 1.75. The van der Waals surface area contributed by atoms with Gasteiger partial charge in [0.2, 0.25) is 0 Å². The van der Waals surface area contributed by atoms with Crippen molar-refractivity contribution < 1.29 is 13.9 Å². The molecule has 3 nitrogen and oxygen atoms in total. The van der Waals surface area contributed by atoms with E-state index in [1.165, 1.54) is 6.07 Å². The maximum Gasteiger partial charge on any atom is 0.177 e.